The quantitative estimate of drug-likeness (QED) is 0.883. The van der Waals surface area contributed by atoms with E-state index < -0.39 is 0 Å². The molecule has 0 saturated carbocycles. The summed E-state index contributed by atoms with van der Waals surface area (Å²) in [5.74, 6) is 0.897. The van der Waals surface area contributed by atoms with Crippen molar-refractivity contribution in [1.82, 2.24) is 9.55 Å². The zero-order valence-corrected chi connectivity index (χ0v) is 9.91. The van der Waals surface area contributed by atoms with Crippen LogP contribution in [-0.2, 0) is 13.0 Å². The van der Waals surface area contributed by atoms with Crippen molar-refractivity contribution in [3.63, 3.8) is 0 Å². The van der Waals surface area contributed by atoms with E-state index in [9.17, 15) is 0 Å². The predicted molar refractivity (Wildman–Crippen MR) is 66.9 cm³/mol. The van der Waals surface area contributed by atoms with Gasteiger partial charge in [0.15, 0.2) is 0 Å². The molecule has 0 radical (unpaired) electrons. The van der Waals surface area contributed by atoms with E-state index in [1.165, 1.54) is 5.56 Å². The van der Waals surface area contributed by atoms with E-state index in [-0.39, 0.29) is 0 Å². The average molecular weight is 236 g/mol. The number of hydrogen-bond acceptors (Lipinski definition) is 2. The maximum Gasteiger partial charge on any atom is 0.202 e. The van der Waals surface area contributed by atoms with Crippen LogP contribution in [0.25, 0.3) is 0 Å². The second-order valence-corrected chi connectivity index (χ2v) is 4.01. The fourth-order valence-electron chi connectivity index (χ4n) is 1.62. The van der Waals surface area contributed by atoms with Gasteiger partial charge in [0.1, 0.15) is 0 Å². The van der Waals surface area contributed by atoms with Gasteiger partial charge in [0, 0.05) is 31.0 Å². The fourth-order valence-corrected chi connectivity index (χ4v) is 1.74. The minimum atomic E-state index is 0.780. The summed E-state index contributed by atoms with van der Waals surface area (Å²) < 4.78 is 2.09. The predicted octanol–water partition coefficient (Wildman–Crippen LogP) is 2.82. The van der Waals surface area contributed by atoms with E-state index in [2.05, 4.69) is 27.0 Å². The van der Waals surface area contributed by atoms with Crippen molar-refractivity contribution in [1.29, 1.82) is 0 Å². The van der Waals surface area contributed by atoms with Gasteiger partial charge in [-0.15, -0.1) is 0 Å². The third-order valence-corrected chi connectivity index (χ3v) is 2.75. The number of hydrogen-bond donors (Lipinski definition) is 1. The molecule has 2 rings (SSSR count). The lowest BCUT2D eigenvalue weighted by atomic mass is 10.1. The Balaban J connectivity index is 1.99. The van der Waals surface area contributed by atoms with Crippen LogP contribution >= 0.6 is 11.6 Å². The average Bonchev–Trinajstić information content (AvgIpc) is 2.76. The number of rotatable bonds is 4. The lowest BCUT2D eigenvalue weighted by molar-refractivity contribution is 0.703. The third-order valence-electron chi connectivity index (χ3n) is 2.49. The molecule has 4 heteroatoms. The van der Waals surface area contributed by atoms with Crippen LogP contribution in [0.3, 0.4) is 0 Å². The van der Waals surface area contributed by atoms with Gasteiger partial charge >= 0.3 is 0 Å². The fraction of sp³-hybridized carbons (Fsp3) is 0.250. The smallest absolute Gasteiger partial charge is 0.202 e. The van der Waals surface area contributed by atoms with Crippen molar-refractivity contribution < 1.29 is 0 Å². The lowest BCUT2D eigenvalue weighted by Crippen LogP contribution is -2.05. The van der Waals surface area contributed by atoms with Crippen molar-refractivity contribution in [2.75, 3.05) is 12.4 Å². The first-order chi connectivity index (χ1) is 7.79. The summed E-state index contributed by atoms with van der Waals surface area (Å²) in [4.78, 5) is 4.19. The van der Waals surface area contributed by atoms with Crippen LogP contribution in [0.1, 0.15) is 5.56 Å². The Bertz CT molecular complexity index is 448. The Morgan fingerprint density at radius 2 is 2.06 bits per heavy atom. The van der Waals surface area contributed by atoms with Gasteiger partial charge in [-0.25, -0.2) is 4.98 Å². The lowest BCUT2D eigenvalue weighted by Gasteiger charge is -2.07. The Labute approximate surface area is 100 Å². The SMILES string of the molecule is CNc1nccn1CCc1ccc(Cl)cc1. The Kier molecular flexibility index (Phi) is 3.47. The van der Waals surface area contributed by atoms with Crippen LogP contribution in [0.15, 0.2) is 36.7 Å². The number of imidazole rings is 1. The van der Waals surface area contributed by atoms with Crippen LogP contribution in [0.4, 0.5) is 5.95 Å². The molecule has 0 unspecified atom stereocenters. The van der Waals surface area contributed by atoms with Crippen LogP contribution < -0.4 is 5.32 Å². The molecule has 0 saturated heterocycles. The second kappa shape index (κ2) is 5.03. The molecule has 1 aromatic heterocycles. The molecular weight excluding hydrogens is 222 g/mol. The monoisotopic (exact) mass is 235 g/mol. The minimum absolute atomic E-state index is 0.780. The Morgan fingerprint density at radius 3 is 2.75 bits per heavy atom. The maximum atomic E-state index is 5.83. The molecule has 1 aromatic carbocycles. The molecular formula is C12H14ClN3. The van der Waals surface area contributed by atoms with Crippen molar-refractivity contribution >= 4 is 17.5 Å². The van der Waals surface area contributed by atoms with Gasteiger partial charge in [0.25, 0.3) is 0 Å². The largest absolute Gasteiger partial charge is 0.359 e. The van der Waals surface area contributed by atoms with E-state index in [4.69, 9.17) is 11.6 Å². The van der Waals surface area contributed by atoms with E-state index in [0.717, 1.165) is 23.9 Å². The van der Waals surface area contributed by atoms with Crippen molar-refractivity contribution in [2.45, 2.75) is 13.0 Å². The molecule has 0 aliphatic heterocycles. The first-order valence-electron chi connectivity index (χ1n) is 5.23. The van der Waals surface area contributed by atoms with Crippen LogP contribution in [-0.4, -0.2) is 16.6 Å². The van der Waals surface area contributed by atoms with Gasteiger partial charge in [0.2, 0.25) is 5.95 Å². The number of halogens is 1. The summed E-state index contributed by atoms with van der Waals surface area (Å²) in [5.41, 5.74) is 1.28. The summed E-state index contributed by atoms with van der Waals surface area (Å²) in [7, 11) is 1.88. The third kappa shape index (κ3) is 2.55. The summed E-state index contributed by atoms with van der Waals surface area (Å²) in [5, 5.41) is 3.83. The number of nitrogens with one attached hydrogen (secondary N) is 1. The molecule has 0 aliphatic carbocycles. The molecule has 2 aromatic rings. The minimum Gasteiger partial charge on any atom is -0.359 e. The number of nitrogens with zero attached hydrogens (tertiary/aromatic N) is 2. The second-order valence-electron chi connectivity index (χ2n) is 3.57. The van der Waals surface area contributed by atoms with Gasteiger partial charge in [-0.3, -0.25) is 0 Å². The van der Waals surface area contributed by atoms with E-state index in [1.807, 2.05) is 25.4 Å². The van der Waals surface area contributed by atoms with E-state index >= 15 is 0 Å². The zero-order chi connectivity index (χ0) is 11.4. The maximum absolute atomic E-state index is 5.83. The van der Waals surface area contributed by atoms with Crippen molar-refractivity contribution in [3.8, 4) is 0 Å². The number of benzene rings is 1. The summed E-state index contributed by atoms with van der Waals surface area (Å²) in [6.45, 7) is 0.914. The van der Waals surface area contributed by atoms with Crippen LogP contribution in [0.2, 0.25) is 5.02 Å². The highest BCUT2D eigenvalue weighted by Crippen LogP contribution is 2.11. The van der Waals surface area contributed by atoms with Gasteiger partial charge in [-0.05, 0) is 24.1 Å². The molecule has 0 bridgehead atoms. The first kappa shape index (κ1) is 11.0. The van der Waals surface area contributed by atoms with Crippen LogP contribution in [0.5, 0.6) is 0 Å². The highest BCUT2D eigenvalue weighted by Gasteiger charge is 2.00. The number of aryl methyl sites for hydroxylation is 2. The molecule has 0 fully saturated rings. The molecule has 0 atom stereocenters. The van der Waals surface area contributed by atoms with Gasteiger partial charge < -0.3 is 9.88 Å². The molecule has 0 amide bonds. The zero-order valence-electron chi connectivity index (χ0n) is 9.15. The molecule has 16 heavy (non-hydrogen) atoms. The van der Waals surface area contributed by atoms with Gasteiger partial charge in [-0.1, -0.05) is 23.7 Å². The van der Waals surface area contributed by atoms with Crippen molar-refractivity contribution in [2.24, 2.45) is 0 Å². The van der Waals surface area contributed by atoms with Crippen molar-refractivity contribution in [3.05, 3.63) is 47.2 Å². The molecule has 3 nitrogen and oxygen atoms in total. The molecule has 0 spiro atoms. The topological polar surface area (TPSA) is 29.9 Å². The Hall–Kier alpha value is -1.48. The van der Waals surface area contributed by atoms with Gasteiger partial charge in [0.05, 0.1) is 0 Å². The van der Waals surface area contributed by atoms with E-state index in [0.29, 0.717) is 0 Å². The molecule has 1 heterocycles. The van der Waals surface area contributed by atoms with Gasteiger partial charge in [-0.2, -0.15) is 0 Å². The molecule has 0 aliphatic rings. The summed E-state index contributed by atoms with van der Waals surface area (Å²) in [6, 6.07) is 7.95. The van der Waals surface area contributed by atoms with Crippen LogP contribution in [0, 0.1) is 0 Å². The number of anilines is 1. The first-order valence-corrected chi connectivity index (χ1v) is 5.61. The molecule has 84 valence electrons. The standard InChI is InChI=1S/C12H14ClN3/c1-14-12-15-7-9-16(12)8-6-10-2-4-11(13)5-3-10/h2-5,7,9H,6,8H2,1H3,(H,14,15). The summed E-state index contributed by atoms with van der Waals surface area (Å²) >= 11 is 5.83. The highest BCUT2D eigenvalue weighted by atomic mass is 35.5. The molecule has 1 N–H and O–H groups in total. The normalized spacial score (nSPS) is 10.4. The Morgan fingerprint density at radius 1 is 1.31 bits per heavy atom. The van der Waals surface area contributed by atoms with E-state index in [1.54, 1.807) is 6.20 Å². The number of aromatic nitrogens is 2. The summed E-state index contributed by atoms with van der Waals surface area (Å²) in [6.07, 6.45) is 4.75. The highest BCUT2D eigenvalue weighted by molar-refractivity contribution is 6.30.